The van der Waals surface area contributed by atoms with Crippen molar-refractivity contribution in [3.8, 4) is 0 Å². The van der Waals surface area contributed by atoms with Crippen molar-refractivity contribution >= 4 is 35.4 Å². The molecule has 3 rings (SSSR count). The zero-order valence-corrected chi connectivity index (χ0v) is 13.7. The third kappa shape index (κ3) is 3.15. The Labute approximate surface area is 135 Å². The van der Waals surface area contributed by atoms with Gasteiger partial charge in [0.2, 0.25) is 11.9 Å². The fourth-order valence-electron chi connectivity index (χ4n) is 2.45. The maximum Gasteiger partial charge on any atom is 0.230 e. The van der Waals surface area contributed by atoms with Crippen LogP contribution in [-0.2, 0) is 0 Å². The number of aliphatic imine (C=N–C) groups is 1. The first kappa shape index (κ1) is 15.1. The van der Waals surface area contributed by atoms with Crippen LogP contribution in [0.5, 0.6) is 0 Å². The average molecular weight is 316 g/mol. The van der Waals surface area contributed by atoms with Gasteiger partial charge in [-0.15, -0.1) is 0 Å². The van der Waals surface area contributed by atoms with Crippen LogP contribution in [-0.4, -0.2) is 46.5 Å². The van der Waals surface area contributed by atoms with Gasteiger partial charge in [0.05, 0.1) is 24.5 Å². The number of aryl methyl sites for hydroxylation is 2. The topological polar surface area (TPSA) is 65.4 Å². The molecule has 2 heterocycles. The van der Waals surface area contributed by atoms with Crippen LogP contribution >= 0.6 is 12.6 Å². The number of benzene rings is 1. The van der Waals surface area contributed by atoms with E-state index >= 15 is 0 Å². The zero-order chi connectivity index (χ0) is 15.5. The Morgan fingerprint density at radius 2 is 2.18 bits per heavy atom. The molecule has 2 N–H and O–H groups in total. The molecule has 0 aliphatic carbocycles. The van der Waals surface area contributed by atoms with E-state index in [1.165, 1.54) is 0 Å². The number of anilines is 1. The molecule has 0 amide bonds. The summed E-state index contributed by atoms with van der Waals surface area (Å²) in [6.45, 7) is 6.38. The van der Waals surface area contributed by atoms with Gasteiger partial charge in [-0.05, 0) is 19.4 Å². The Kier molecular flexibility index (Phi) is 4.44. The van der Waals surface area contributed by atoms with E-state index in [4.69, 9.17) is 0 Å². The second kappa shape index (κ2) is 6.50. The number of rotatable bonds is 3. The summed E-state index contributed by atoms with van der Waals surface area (Å²) in [5.41, 5.74) is 3.08. The summed E-state index contributed by atoms with van der Waals surface area (Å²) in [6, 6.07) is 6.14. The summed E-state index contributed by atoms with van der Waals surface area (Å²) in [5, 5.41) is 7.50. The monoisotopic (exact) mass is 316 g/mol. The number of hydrogen-bond donors (Lipinski definition) is 3. The quantitative estimate of drug-likeness (QED) is 0.753. The van der Waals surface area contributed by atoms with Gasteiger partial charge in [-0.1, -0.05) is 18.2 Å². The average Bonchev–Trinajstić information content (AvgIpc) is 2.51. The zero-order valence-electron chi connectivity index (χ0n) is 12.8. The van der Waals surface area contributed by atoms with Gasteiger partial charge in [-0.25, -0.2) is 15.0 Å². The second-order valence-corrected chi connectivity index (χ2v) is 5.78. The van der Waals surface area contributed by atoms with E-state index < -0.39 is 0 Å². The van der Waals surface area contributed by atoms with E-state index in [0.29, 0.717) is 18.6 Å². The molecular weight excluding hydrogens is 296 g/mol. The fraction of sp³-hybridized carbons (Fsp3) is 0.400. The van der Waals surface area contributed by atoms with E-state index in [-0.39, 0.29) is 0 Å². The van der Waals surface area contributed by atoms with Gasteiger partial charge < -0.3 is 5.32 Å². The molecule has 2 aromatic rings. The van der Waals surface area contributed by atoms with Crippen LogP contribution in [0.3, 0.4) is 0 Å². The van der Waals surface area contributed by atoms with Gasteiger partial charge in [0.25, 0.3) is 0 Å². The van der Waals surface area contributed by atoms with Crippen LogP contribution in [0.1, 0.15) is 11.3 Å². The fourth-order valence-corrected chi connectivity index (χ4v) is 2.73. The van der Waals surface area contributed by atoms with E-state index in [1.54, 1.807) is 0 Å². The Morgan fingerprint density at radius 1 is 1.32 bits per heavy atom. The number of nitrogens with zero attached hydrogens (tertiary/aromatic N) is 4. The first-order valence-corrected chi connectivity index (χ1v) is 7.93. The number of nitrogens with one attached hydrogen (secondary N) is 2. The Bertz CT molecular complexity index is 714. The highest BCUT2D eigenvalue weighted by atomic mass is 32.1. The van der Waals surface area contributed by atoms with Crippen LogP contribution < -0.4 is 10.6 Å². The molecule has 1 aliphatic rings. The lowest BCUT2D eigenvalue weighted by Gasteiger charge is -2.26. The molecule has 0 spiro atoms. The molecule has 1 aromatic carbocycles. The number of guanidine groups is 1. The first-order valence-electron chi connectivity index (χ1n) is 7.30. The van der Waals surface area contributed by atoms with E-state index in [9.17, 15) is 0 Å². The third-order valence-corrected chi connectivity index (χ3v) is 3.86. The van der Waals surface area contributed by atoms with Crippen molar-refractivity contribution in [3.05, 3.63) is 29.5 Å². The van der Waals surface area contributed by atoms with Crippen LogP contribution in [0.25, 0.3) is 10.9 Å². The molecule has 6 nitrogen and oxygen atoms in total. The third-order valence-electron chi connectivity index (χ3n) is 3.66. The number of para-hydroxylation sites is 1. The van der Waals surface area contributed by atoms with Crippen LogP contribution in [0.15, 0.2) is 23.2 Å². The summed E-state index contributed by atoms with van der Waals surface area (Å²) in [7, 11) is 0. The Hall–Kier alpha value is -1.86. The lowest BCUT2D eigenvalue weighted by Crippen LogP contribution is -2.46. The molecule has 0 unspecified atom stereocenters. The van der Waals surface area contributed by atoms with E-state index in [0.717, 1.165) is 41.1 Å². The van der Waals surface area contributed by atoms with E-state index in [1.807, 2.05) is 19.1 Å². The van der Waals surface area contributed by atoms with Gasteiger partial charge in [-0.3, -0.25) is 10.2 Å². The number of hydrogen-bond acceptors (Lipinski definition) is 7. The van der Waals surface area contributed by atoms with Crippen molar-refractivity contribution in [1.29, 1.82) is 0 Å². The molecule has 7 heteroatoms. The summed E-state index contributed by atoms with van der Waals surface area (Å²) in [4.78, 5) is 15.8. The van der Waals surface area contributed by atoms with Crippen LogP contribution in [0, 0.1) is 13.8 Å². The van der Waals surface area contributed by atoms with Gasteiger partial charge in [0, 0.05) is 17.7 Å². The van der Waals surface area contributed by atoms with Gasteiger partial charge in [-0.2, -0.15) is 12.6 Å². The summed E-state index contributed by atoms with van der Waals surface area (Å²) in [6.07, 6.45) is 0. The number of fused-ring (bicyclic) bond motifs is 1. The molecule has 1 aromatic heterocycles. The summed E-state index contributed by atoms with van der Waals surface area (Å²) >= 11 is 4.23. The summed E-state index contributed by atoms with van der Waals surface area (Å²) in [5.74, 6) is 2.11. The molecule has 0 saturated carbocycles. The van der Waals surface area contributed by atoms with E-state index in [2.05, 4.69) is 56.1 Å². The molecule has 0 radical (unpaired) electrons. The minimum atomic E-state index is 0.577. The molecule has 22 heavy (non-hydrogen) atoms. The second-order valence-electron chi connectivity index (χ2n) is 5.33. The van der Waals surface area contributed by atoms with Crippen molar-refractivity contribution in [1.82, 2.24) is 20.2 Å². The highest BCUT2D eigenvalue weighted by Gasteiger charge is 2.13. The SMILES string of the molecule is Cc1nc(NC2=NCN(CCS)CN2)nc2c(C)cccc12. The number of thiol groups is 1. The smallest absolute Gasteiger partial charge is 0.230 e. The van der Waals surface area contributed by atoms with Gasteiger partial charge in [0.1, 0.15) is 0 Å². The highest BCUT2D eigenvalue weighted by molar-refractivity contribution is 7.80. The Balaban J connectivity index is 1.82. The summed E-state index contributed by atoms with van der Waals surface area (Å²) < 4.78 is 0. The molecule has 0 fully saturated rings. The Morgan fingerprint density at radius 3 is 2.91 bits per heavy atom. The maximum absolute atomic E-state index is 4.62. The van der Waals surface area contributed by atoms with Crippen LogP contribution in [0.4, 0.5) is 5.95 Å². The van der Waals surface area contributed by atoms with Crippen molar-refractivity contribution in [2.45, 2.75) is 13.8 Å². The largest absolute Gasteiger partial charge is 0.343 e. The first-order chi connectivity index (χ1) is 10.7. The number of aromatic nitrogens is 2. The highest BCUT2D eigenvalue weighted by Crippen LogP contribution is 2.20. The standard InChI is InChI=1S/C15H20N6S/c1-10-4-3-5-12-11(2)18-15(19-13(10)12)20-14-16-8-21(6-7-22)9-17-14/h3-5,22H,6-9H2,1-2H3,(H2,16,17,18,19,20). The van der Waals surface area contributed by atoms with Gasteiger partial charge >= 0.3 is 0 Å². The maximum atomic E-state index is 4.62. The molecule has 1 aliphatic heterocycles. The normalized spacial score (nSPS) is 15.5. The predicted molar refractivity (Wildman–Crippen MR) is 93.5 cm³/mol. The molecule has 116 valence electrons. The lowest BCUT2D eigenvalue weighted by atomic mass is 10.1. The van der Waals surface area contributed by atoms with Crippen LogP contribution in [0.2, 0.25) is 0 Å². The molecule has 0 saturated heterocycles. The molecular formula is C15H20N6S. The molecule has 0 atom stereocenters. The minimum absolute atomic E-state index is 0.577. The minimum Gasteiger partial charge on any atom is -0.343 e. The van der Waals surface area contributed by atoms with Crippen molar-refractivity contribution in [2.24, 2.45) is 4.99 Å². The predicted octanol–water partition coefficient (Wildman–Crippen LogP) is 1.76. The molecule has 0 bridgehead atoms. The van der Waals surface area contributed by atoms with Crippen molar-refractivity contribution in [2.75, 3.05) is 31.0 Å². The van der Waals surface area contributed by atoms with Gasteiger partial charge in [0.15, 0.2) is 0 Å². The van der Waals surface area contributed by atoms with Crippen molar-refractivity contribution in [3.63, 3.8) is 0 Å². The van der Waals surface area contributed by atoms with Crippen molar-refractivity contribution < 1.29 is 0 Å². The lowest BCUT2D eigenvalue weighted by molar-refractivity contribution is 0.282.